The number of anilines is 1. The Hall–Kier alpha value is -2.03. The second kappa shape index (κ2) is 7.69. The zero-order valence-corrected chi connectivity index (χ0v) is 16.3. The number of aliphatic hydroxyl groups is 1. The van der Waals surface area contributed by atoms with Gasteiger partial charge in [0.15, 0.2) is 0 Å². The SMILES string of the molecule is C=CC(=O)Nc1cccc(C(=O)N2CCC(O)(c3scnc3Br)CC2)c1. The van der Waals surface area contributed by atoms with Crippen molar-refractivity contribution in [3.8, 4) is 0 Å². The Kier molecular flexibility index (Phi) is 5.55. The van der Waals surface area contributed by atoms with Gasteiger partial charge in [0.25, 0.3) is 5.91 Å². The Bertz CT molecular complexity index is 844. The Morgan fingerprint density at radius 1 is 1.38 bits per heavy atom. The van der Waals surface area contributed by atoms with Crippen LogP contribution in [0.15, 0.2) is 47.0 Å². The number of hydrogen-bond acceptors (Lipinski definition) is 5. The van der Waals surface area contributed by atoms with Gasteiger partial charge in [-0.05, 0) is 53.0 Å². The molecule has 136 valence electrons. The van der Waals surface area contributed by atoms with Crippen molar-refractivity contribution < 1.29 is 14.7 Å². The van der Waals surface area contributed by atoms with E-state index in [1.807, 2.05) is 0 Å². The quantitative estimate of drug-likeness (QED) is 0.722. The molecule has 0 spiro atoms. The molecule has 8 heteroatoms. The number of aromatic nitrogens is 1. The number of carbonyl (C=O) groups excluding carboxylic acids is 2. The topological polar surface area (TPSA) is 82.5 Å². The van der Waals surface area contributed by atoms with Gasteiger partial charge in [0.2, 0.25) is 5.91 Å². The van der Waals surface area contributed by atoms with Crippen molar-refractivity contribution in [1.29, 1.82) is 0 Å². The van der Waals surface area contributed by atoms with E-state index < -0.39 is 5.60 Å². The highest BCUT2D eigenvalue weighted by Gasteiger charge is 2.38. The van der Waals surface area contributed by atoms with Crippen molar-refractivity contribution in [3.63, 3.8) is 0 Å². The molecule has 2 amide bonds. The third kappa shape index (κ3) is 3.87. The van der Waals surface area contributed by atoms with Crippen LogP contribution >= 0.6 is 27.3 Å². The molecular formula is C18H18BrN3O3S. The lowest BCUT2D eigenvalue weighted by molar-refractivity contribution is -0.111. The van der Waals surface area contributed by atoms with Gasteiger partial charge in [0, 0.05) is 24.3 Å². The monoisotopic (exact) mass is 435 g/mol. The number of likely N-dealkylation sites (tertiary alicyclic amines) is 1. The molecule has 26 heavy (non-hydrogen) atoms. The number of benzene rings is 1. The highest BCUT2D eigenvalue weighted by atomic mass is 79.9. The summed E-state index contributed by atoms with van der Waals surface area (Å²) in [5, 5.41) is 13.5. The molecule has 0 unspecified atom stereocenters. The maximum atomic E-state index is 12.8. The fraction of sp³-hybridized carbons (Fsp3) is 0.278. The molecule has 6 nitrogen and oxygen atoms in total. The summed E-state index contributed by atoms with van der Waals surface area (Å²) in [4.78, 5) is 30.8. The molecule has 0 aliphatic carbocycles. The van der Waals surface area contributed by atoms with E-state index in [0.29, 0.717) is 41.8 Å². The van der Waals surface area contributed by atoms with Crippen LogP contribution in [0.3, 0.4) is 0 Å². The first-order valence-corrected chi connectivity index (χ1v) is 9.75. The normalized spacial score (nSPS) is 16.2. The Balaban J connectivity index is 1.69. The Labute approximate surface area is 163 Å². The number of thiazole rings is 1. The Morgan fingerprint density at radius 2 is 2.12 bits per heavy atom. The number of rotatable bonds is 4. The number of hydrogen-bond donors (Lipinski definition) is 2. The van der Waals surface area contributed by atoms with Gasteiger partial charge < -0.3 is 15.3 Å². The molecule has 0 radical (unpaired) electrons. The summed E-state index contributed by atoms with van der Waals surface area (Å²) in [6, 6.07) is 6.80. The fourth-order valence-corrected chi connectivity index (χ4v) is 4.67. The first kappa shape index (κ1) is 18.8. The largest absolute Gasteiger partial charge is 0.384 e. The van der Waals surface area contributed by atoms with E-state index in [1.54, 1.807) is 34.7 Å². The van der Waals surface area contributed by atoms with Crippen molar-refractivity contribution in [2.24, 2.45) is 0 Å². The molecule has 1 fully saturated rings. The maximum Gasteiger partial charge on any atom is 0.253 e. The smallest absolute Gasteiger partial charge is 0.253 e. The molecule has 3 rings (SSSR count). The van der Waals surface area contributed by atoms with E-state index in [9.17, 15) is 14.7 Å². The molecule has 1 aromatic carbocycles. The van der Waals surface area contributed by atoms with Gasteiger partial charge in [-0.1, -0.05) is 12.6 Å². The molecule has 2 heterocycles. The van der Waals surface area contributed by atoms with Gasteiger partial charge in [-0.3, -0.25) is 9.59 Å². The van der Waals surface area contributed by atoms with E-state index in [1.165, 1.54) is 17.4 Å². The van der Waals surface area contributed by atoms with Gasteiger partial charge in [-0.2, -0.15) is 0 Å². The molecule has 0 atom stereocenters. The van der Waals surface area contributed by atoms with Crippen LogP contribution < -0.4 is 5.32 Å². The third-order valence-electron chi connectivity index (χ3n) is 4.39. The van der Waals surface area contributed by atoms with Crippen molar-refractivity contribution in [2.75, 3.05) is 18.4 Å². The van der Waals surface area contributed by atoms with Gasteiger partial charge in [0.1, 0.15) is 10.2 Å². The van der Waals surface area contributed by atoms with Gasteiger partial charge in [-0.15, -0.1) is 11.3 Å². The Morgan fingerprint density at radius 3 is 2.73 bits per heavy atom. The molecule has 0 saturated carbocycles. The summed E-state index contributed by atoms with van der Waals surface area (Å²) in [5.41, 5.74) is 1.77. The summed E-state index contributed by atoms with van der Waals surface area (Å²) in [6.07, 6.45) is 2.08. The lowest BCUT2D eigenvalue weighted by Gasteiger charge is -2.37. The van der Waals surface area contributed by atoms with Gasteiger partial charge >= 0.3 is 0 Å². The number of carbonyl (C=O) groups is 2. The van der Waals surface area contributed by atoms with Crippen LogP contribution in [0.1, 0.15) is 28.1 Å². The van der Waals surface area contributed by atoms with Crippen LogP contribution in [0.5, 0.6) is 0 Å². The van der Waals surface area contributed by atoms with Crippen molar-refractivity contribution >= 4 is 44.8 Å². The summed E-state index contributed by atoms with van der Waals surface area (Å²) in [5.74, 6) is -0.446. The molecule has 0 bridgehead atoms. The van der Waals surface area contributed by atoms with Crippen LogP contribution in [0.2, 0.25) is 0 Å². The van der Waals surface area contributed by atoms with E-state index in [2.05, 4.69) is 32.8 Å². The third-order valence-corrected chi connectivity index (χ3v) is 6.27. The first-order valence-electron chi connectivity index (χ1n) is 8.07. The predicted molar refractivity (Wildman–Crippen MR) is 104 cm³/mol. The molecule has 2 aromatic rings. The second-order valence-corrected chi connectivity index (χ2v) is 7.68. The van der Waals surface area contributed by atoms with Crippen molar-refractivity contribution in [2.45, 2.75) is 18.4 Å². The number of halogens is 1. The second-order valence-electron chi connectivity index (χ2n) is 6.07. The minimum Gasteiger partial charge on any atom is -0.384 e. The van der Waals surface area contributed by atoms with Gasteiger partial charge in [0.05, 0.1) is 10.4 Å². The van der Waals surface area contributed by atoms with Crippen molar-refractivity contribution in [1.82, 2.24) is 9.88 Å². The maximum absolute atomic E-state index is 12.8. The number of amides is 2. The minimum absolute atomic E-state index is 0.120. The summed E-state index contributed by atoms with van der Waals surface area (Å²) < 4.78 is 0.662. The van der Waals surface area contributed by atoms with Gasteiger partial charge in [-0.25, -0.2) is 4.98 Å². The molecule has 1 aromatic heterocycles. The molecular weight excluding hydrogens is 418 g/mol. The zero-order valence-electron chi connectivity index (χ0n) is 13.9. The van der Waals surface area contributed by atoms with E-state index in [-0.39, 0.29) is 11.8 Å². The van der Waals surface area contributed by atoms with Crippen LogP contribution in [0, 0.1) is 0 Å². The van der Waals surface area contributed by atoms with E-state index in [4.69, 9.17) is 0 Å². The van der Waals surface area contributed by atoms with E-state index >= 15 is 0 Å². The summed E-state index contributed by atoms with van der Waals surface area (Å²) in [6.45, 7) is 4.31. The fourth-order valence-electron chi connectivity index (χ4n) is 2.95. The number of nitrogens with one attached hydrogen (secondary N) is 1. The average Bonchev–Trinajstić information content (AvgIpc) is 3.09. The molecule has 2 N–H and O–H groups in total. The first-order chi connectivity index (χ1) is 12.4. The van der Waals surface area contributed by atoms with Crippen LogP contribution in [-0.2, 0) is 10.4 Å². The number of nitrogens with zero attached hydrogens (tertiary/aromatic N) is 2. The molecule has 1 aliphatic heterocycles. The number of piperidine rings is 1. The lowest BCUT2D eigenvalue weighted by Crippen LogP contribution is -2.45. The average molecular weight is 436 g/mol. The molecule has 1 aliphatic rings. The highest BCUT2D eigenvalue weighted by Crippen LogP contribution is 2.39. The van der Waals surface area contributed by atoms with Crippen LogP contribution in [-0.4, -0.2) is 39.9 Å². The lowest BCUT2D eigenvalue weighted by atomic mass is 9.90. The standard InChI is InChI=1S/C18H18BrN3O3S/c1-2-14(23)21-13-5-3-4-12(10-13)17(24)22-8-6-18(25,7-9-22)15-16(19)20-11-26-15/h2-5,10-11,25H,1,6-9H2,(H,21,23). The summed E-state index contributed by atoms with van der Waals surface area (Å²) in [7, 11) is 0. The summed E-state index contributed by atoms with van der Waals surface area (Å²) >= 11 is 4.78. The predicted octanol–water partition coefficient (Wildman–Crippen LogP) is 3.15. The zero-order chi connectivity index (χ0) is 18.7. The molecule has 1 saturated heterocycles. The van der Waals surface area contributed by atoms with Crippen LogP contribution in [0.25, 0.3) is 0 Å². The highest BCUT2D eigenvalue weighted by molar-refractivity contribution is 9.10. The van der Waals surface area contributed by atoms with Crippen molar-refractivity contribution in [3.05, 3.63) is 57.5 Å². The van der Waals surface area contributed by atoms with E-state index in [0.717, 1.165) is 4.88 Å². The van der Waals surface area contributed by atoms with Crippen LogP contribution in [0.4, 0.5) is 5.69 Å². The minimum atomic E-state index is -0.962.